The van der Waals surface area contributed by atoms with Crippen molar-refractivity contribution >= 4 is 47.0 Å². The number of carboxylic acid groups (broad SMARTS) is 1. The van der Waals surface area contributed by atoms with Crippen LogP contribution in [0.15, 0.2) is 66.7 Å². The third-order valence-electron chi connectivity index (χ3n) is 9.37. The van der Waals surface area contributed by atoms with Gasteiger partial charge in [-0.25, -0.2) is 14.6 Å². The summed E-state index contributed by atoms with van der Waals surface area (Å²) in [7, 11) is 3.48. The van der Waals surface area contributed by atoms with Crippen molar-refractivity contribution in [3.63, 3.8) is 0 Å². The lowest BCUT2D eigenvalue weighted by Gasteiger charge is -2.29. The molecule has 1 fully saturated rings. The lowest BCUT2D eigenvalue weighted by molar-refractivity contribution is -0.119. The number of ether oxygens (including phenoxy) is 2. The molecule has 1 saturated heterocycles. The van der Waals surface area contributed by atoms with Crippen LogP contribution >= 0.6 is 23.2 Å². The number of aromatic nitrogens is 1. The van der Waals surface area contributed by atoms with Crippen LogP contribution in [-0.4, -0.2) is 83.4 Å². The number of anilines is 1. The number of carbonyl (C=O) groups is 3. The van der Waals surface area contributed by atoms with Crippen molar-refractivity contribution < 1.29 is 29.0 Å². The van der Waals surface area contributed by atoms with Crippen LogP contribution in [0.1, 0.15) is 44.7 Å². The van der Waals surface area contributed by atoms with Gasteiger partial charge in [-0.3, -0.25) is 4.79 Å². The van der Waals surface area contributed by atoms with E-state index in [9.17, 15) is 19.5 Å². The number of nitrogens with zero attached hydrogens (tertiary/aromatic N) is 4. The molecular weight excluding hydrogens is 717 g/mol. The van der Waals surface area contributed by atoms with Gasteiger partial charge in [-0.05, 0) is 62.6 Å². The minimum absolute atomic E-state index is 0.0362. The van der Waals surface area contributed by atoms with E-state index in [4.69, 9.17) is 37.7 Å². The molecule has 13 heteroatoms. The number of hydrogen-bond acceptors (Lipinski definition) is 7. The number of methoxy groups -OCH3 is 1. The molecule has 1 aromatic heterocycles. The SMILES string of the molecule is COc1nc(-c2cccc(-c3cccc(-c4ccc5c(c4)CN(C(=O)O)CCN5C)c3Cl)c2Cl)ccc1CN(C[C@@H]1CCC(=O)N1)C(=O)OC(C)(C)C. The molecule has 0 radical (unpaired) electrons. The molecule has 2 aliphatic rings. The monoisotopic (exact) mass is 759 g/mol. The van der Waals surface area contributed by atoms with Crippen molar-refractivity contribution in [2.75, 3.05) is 38.7 Å². The summed E-state index contributed by atoms with van der Waals surface area (Å²) in [5.74, 6) is 0.286. The summed E-state index contributed by atoms with van der Waals surface area (Å²) in [5.41, 5.74) is 6.15. The van der Waals surface area contributed by atoms with Gasteiger partial charge in [0, 0.05) is 72.6 Å². The fourth-order valence-corrected chi connectivity index (χ4v) is 7.39. The number of benzene rings is 3. The van der Waals surface area contributed by atoms with Crippen LogP contribution < -0.4 is 15.0 Å². The van der Waals surface area contributed by atoms with E-state index in [-0.39, 0.29) is 31.6 Å². The van der Waals surface area contributed by atoms with Crippen molar-refractivity contribution in [1.82, 2.24) is 20.1 Å². The summed E-state index contributed by atoms with van der Waals surface area (Å²) < 4.78 is 11.4. The Morgan fingerprint density at radius 1 is 0.981 bits per heavy atom. The molecule has 0 unspecified atom stereocenters. The van der Waals surface area contributed by atoms with Crippen molar-refractivity contribution in [3.05, 3.63) is 87.9 Å². The van der Waals surface area contributed by atoms with E-state index in [2.05, 4.69) is 10.2 Å². The largest absolute Gasteiger partial charge is 0.481 e. The predicted octanol–water partition coefficient (Wildman–Crippen LogP) is 8.34. The van der Waals surface area contributed by atoms with Crippen LogP contribution in [0.25, 0.3) is 33.5 Å². The summed E-state index contributed by atoms with van der Waals surface area (Å²) in [5, 5.41) is 13.6. The zero-order chi connectivity index (χ0) is 38.0. The molecule has 53 heavy (non-hydrogen) atoms. The van der Waals surface area contributed by atoms with Gasteiger partial charge in [0.25, 0.3) is 0 Å². The van der Waals surface area contributed by atoms with Crippen molar-refractivity contribution in [3.8, 4) is 39.4 Å². The van der Waals surface area contributed by atoms with Gasteiger partial charge in [0.2, 0.25) is 11.8 Å². The van der Waals surface area contributed by atoms with Crippen LogP contribution in [-0.2, 0) is 22.6 Å². The summed E-state index contributed by atoms with van der Waals surface area (Å²) in [6.07, 6.45) is -0.405. The van der Waals surface area contributed by atoms with E-state index in [1.807, 2.05) is 94.5 Å². The lowest BCUT2D eigenvalue weighted by atomic mass is 9.95. The zero-order valence-electron chi connectivity index (χ0n) is 30.4. The number of amides is 3. The smallest absolute Gasteiger partial charge is 0.410 e. The molecule has 1 atom stereocenters. The van der Waals surface area contributed by atoms with Gasteiger partial charge >= 0.3 is 12.2 Å². The standard InChI is InChI=1S/C40H43Cl2N5O6/c1-40(2,3)53-39(51)47(23-27-14-17-34(48)43-27)21-25-12-15-32(44-37(25)52-5)31-11-7-10-30(36(31)42)29-9-6-8-28(35(29)41)24-13-16-33-26(20-24)22-46(38(49)50)19-18-45(33)4/h6-13,15-16,20,27H,14,17-19,21-23H2,1-5H3,(H,43,48)(H,49,50)/t27-/m0/s1. The predicted molar refractivity (Wildman–Crippen MR) is 207 cm³/mol. The van der Waals surface area contributed by atoms with Gasteiger partial charge in [-0.15, -0.1) is 0 Å². The first-order valence-electron chi connectivity index (χ1n) is 17.4. The quantitative estimate of drug-likeness (QED) is 0.184. The molecule has 3 aromatic carbocycles. The third kappa shape index (κ3) is 8.47. The minimum atomic E-state index is -0.952. The number of pyridine rings is 1. The van der Waals surface area contributed by atoms with Crippen LogP contribution in [0.2, 0.25) is 10.0 Å². The number of hydrogen-bond donors (Lipinski definition) is 2. The topological polar surface area (TPSA) is 125 Å². The van der Waals surface area contributed by atoms with Crippen molar-refractivity contribution in [2.24, 2.45) is 0 Å². The van der Waals surface area contributed by atoms with Crippen LogP contribution in [0, 0.1) is 0 Å². The van der Waals surface area contributed by atoms with Crippen LogP contribution in [0.5, 0.6) is 5.88 Å². The van der Waals surface area contributed by atoms with E-state index in [0.29, 0.717) is 64.2 Å². The average Bonchev–Trinajstić information content (AvgIpc) is 3.45. The van der Waals surface area contributed by atoms with Gasteiger partial charge in [0.1, 0.15) is 5.60 Å². The third-order valence-corrected chi connectivity index (χ3v) is 10.2. The summed E-state index contributed by atoms with van der Waals surface area (Å²) in [6, 6.07) is 20.9. The first kappa shape index (κ1) is 37.7. The van der Waals surface area contributed by atoms with Crippen LogP contribution in [0.3, 0.4) is 0 Å². The highest BCUT2D eigenvalue weighted by Crippen LogP contribution is 2.43. The van der Waals surface area contributed by atoms with E-state index < -0.39 is 17.8 Å². The second kappa shape index (κ2) is 15.5. The first-order chi connectivity index (χ1) is 25.2. The molecular formula is C40H43Cl2N5O6. The number of carbonyl (C=O) groups excluding carboxylic acids is 2. The first-order valence-corrected chi connectivity index (χ1v) is 18.2. The van der Waals surface area contributed by atoms with E-state index >= 15 is 0 Å². The highest BCUT2D eigenvalue weighted by atomic mass is 35.5. The van der Waals surface area contributed by atoms with E-state index in [0.717, 1.165) is 27.9 Å². The lowest BCUT2D eigenvalue weighted by Crippen LogP contribution is -2.43. The molecule has 0 spiro atoms. The molecule has 2 N–H and O–H groups in total. The molecule has 2 aliphatic heterocycles. The van der Waals surface area contributed by atoms with Gasteiger partial charge in [0.15, 0.2) is 0 Å². The number of fused-ring (bicyclic) bond motifs is 1. The Morgan fingerprint density at radius 2 is 1.66 bits per heavy atom. The molecule has 0 aliphatic carbocycles. The Bertz CT molecular complexity index is 2050. The Hall–Kier alpha value is -5.00. The van der Waals surface area contributed by atoms with E-state index in [1.54, 1.807) is 4.90 Å². The summed E-state index contributed by atoms with van der Waals surface area (Å²) in [6.45, 7) is 7.15. The Labute approximate surface area is 319 Å². The summed E-state index contributed by atoms with van der Waals surface area (Å²) >= 11 is 14.3. The second-order valence-electron chi connectivity index (χ2n) is 14.3. The zero-order valence-corrected chi connectivity index (χ0v) is 31.9. The molecule has 3 amide bonds. The maximum atomic E-state index is 13.3. The fraction of sp³-hybridized carbons (Fsp3) is 0.350. The number of rotatable bonds is 8. The van der Waals surface area contributed by atoms with Gasteiger partial charge < -0.3 is 34.6 Å². The Kier molecular flexibility index (Phi) is 11.1. The molecule has 0 bridgehead atoms. The second-order valence-corrected chi connectivity index (χ2v) is 15.1. The number of likely N-dealkylation sites (N-methyl/N-ethyl adjacent to an activating group) is 1. The minimum Gasteiger partial charge on any atom is -0.481 e. The molecule has 3 heterocycles. The van der Waals surface area contributed by atoms with Gasteiger partial charge in [-0.2, -0.15) is 0 Å². The molecule has 11 nitrogen and oxygen atoms in total. The number of halogens is 2. The fourth-order valence-electron chi connectivity index (χ4n) is 6.72. The Morgan fingerprint density at radius 3 is 2.30 bits per heavy atom. The van der Waals surface area contributed by atoms with Gasteiger partial charge in [-0.1, -0.05) is 65.7 Å². The van der Waals surface area contributed by atoms with Crippen molar-refractivity contribution in [1.29, 1.82) is 0 Å². The molecule has 0 saturated carbocycles. The van der Waals surface area contributed by atoms with Crippen molar-refractivity contribution in [2.45, 2.75) is 58.3 Å². The molecule has 278 valence electrons. The maximum Gasteiger partial charge on any atom is 0.410 e. The molecule has 4 aromatic rings. The maximum absolute atomic E-state index is 13.3. The van der Waals surface area contributed by atoms with E-state index in [1.165, 1.54) is 12.0 Å². The van der Waals surface area contributed by atoms with Gasteiger partial charge in [0.05, 0.1) is 35.9 Å². The highest BCUT2D eigenvalue weighted by Gasteiger charge is 2.30. The number of nitrogens with one attached hydrogen (secondary N) is 1. The molecule has 6 rings (SSSR count). The average molecular weight is 761 g/mol. The highest BCUT2D eigenvalue weighted by molar-refractivity contribution is 6.39. The van der Waals surface area contributed by atoms with Crippen LogP contribution in [0.4, 0.5) is 15.3 Å². The normalized spacial score (nSPS) is 15.8. The Balaban J connectivity index is 1.30. The summed E-state index contributed by atoms with van der Waals surface area (Å²) in [4.78, 5) is 46.9.